The number of esters is 1. The van der Waals surface area contributed by atoms with Crippen LogP contribution in [-0.4, -0.2) is 66.5 Å². The summed E-state index contributed by atoms with van der Waals surface area (Å²) in [6.07, 6.45) is 0. The number of ether oxygens (including phenoxy) is 1. The average molecular weight is 478 g/mol. The number of benzene rings is 2. The van der Waals surface area contributed by atoms with Crippen molar-refractivity contribution >= 4 is 40.9 Å². The minimum absolute atomic E-state index is 0.00688. The number of nitrogens with one attached hydrogen (secondary N) is 1. The van der Waals surface area contributed by atoms with Crippen LogP contribution in [0.2, 0.25) is 0 Å². The standard InChI is InChI=1S/C23H25F2N3O4S/c1-16(33-15-21(29)26-19-6-2-17(24)3-7-19)23(31)32-14-22(30)28-12-10-27(11-13-28)20-8-4-18(25)5-9-20/h2-9,16H,10-15H2,1H3,(H,26,29). The molecule has 1 aliphatic rings. The Hall–Kier alpha value is -3.14. The Morgan fingerprint density at radius 3 is 2.15 bits per heavy atom. The highest BCUT2D eigenvalue weighted by atomic mass is 32.2. The van der Waals surface area contributed by atoms with Crippen molar-refractivity contribution in [2.75, 3.05) is 48.8 Å². The molecule has 176 valence electrons. The summed E-state index contributed by atoms with van der Waals surface area (Å²) in [7, 11) is 0. The van der Waals surface area contributed by atoms with Gasteiger partial charge >= 0.3 is 5.97 Å². The van der Waals surface area contributed by atoms with Crippen LogP contribution in [0.3, 0.4) is 0 Å². The van der Waals surface area contributed by atoms with Gasteiger partial charge in [-0.25, -0.2) is 8.78 Å². The first kappa shape index (κ1) is 24.5. The Balaban J connectivity index is 1.34. The third kappa shape index (κ3) is 7.45. The maximum Gasteiger partial charge on any atom is 0.319 e. The molecule has 0 spiro atoms. The molecule has 2 aromatic rings. The van der Waals surface area contributed by atoms with E-state index < -0.39 is 17.0 Å². The van der Waals surface area contributed by atoms with Crippen LogP contribution in [0.4, 0.5) is 20.2 Å². The van der Waals surface area contributed by atoms with Crippen LogP contribution in [0, 0.1) is 11.6 Å². The average Bonchev–Trinajstić information content (AvgIpc) is 2.83. The van der Waals surface area contributed by atoms with Crippen molar-refractivity contribution in [3.8, 4) is 0 Å². The van der Waals surface area contributed by atoms with Gasteiger partial charge in [0.2, 0.25) is 5.91 Å². The van der Waals surface area contributed by atoms with Crippen molar-refractivity contribution < 1.29 is 27.9 Å². The molecule has 0 radical (unpaired) electrons. The van der Waals surface area contributed by atoms with E-state index in [4.69, 9.17) is 4.74 Å². The van der Waals surface area contributed by atoms with Crippen molar-refractivity contribution in [2.24, 2.45) is 0 Å². The fourth-order valence-corrected chi connectivity index (χ4v) is 3.88. The fourth-order valence-electron chi connectivity index (χ4n) is 3.21. The molecular formula is C23H25F2N3O4S. The molecule has 1 unspecified atom stereocenters. The first-order valence-electron chi connectivity index (χ1n) is 10.4. The molecule has 0 bridgehead atoms. The van der Waals surface area contributed by atoms with Crippen LogP contribution in [0.25, 0.3) is 0 Å². The molecule has 0 saturated carbocycles. The summed E-state index contributed by atoms with van der Waals surface area (Å²) in [6.45, 7) is 3.39. The van der Waals surface area contributed by atoms with E-state index in [1.54, 1.807) is 24.0 Å². The van der Waals surface area contributed by atoms with Crippen molar-refractivity contribution in [3.63, 3.8) is 0 Å². The highest BCUT2D eigenvalue weighted by Gasteiger charge is 2.24. The second-order valence-corrected chi connectivity index (χ2v) is 8.79. The minimum atomic E-state index is -0.632. The molecule has 7 nitrogen and oxygen atoms in total. The molecule has 1 N–H and O–H groups in total. The second-order valence-electron chi connectivity index (χ2n) is 7.46. The third-order valence-corrected chi connectivity index (χ3v) is 6.21. The van der Waals surface area contributed by atoms with E-state index in [1.165, 1.54) is 36.4 Å². The van der Waals surface area contributed by atoms with Crippen LogP contribution in [0.1, 0.15) is 6.92 Å². The maximum absolute atomic E-state index is 13.1. The molecule has 1 fully saturated rings. The summed E-state index contributed by atoms with van der Waals surface area (Å²) in [5.74, 6) is -1.88. The van der Waals surface area contributed by atoms with E-state index in [-0.39, 0.29) is 30.0 Å². The lowest BCUT2D eigenvalue weighted by Crippen LogP contribution is -2.50. The largest absolute Gasteiger partial charge is 0.455 e. The summed E-state index contributed by atoms with van der Waals surface area (Å²) in [4.78, 5) is 40.2. The Kier molecular flexibility index (Phi) is 8.65. The van der Waals surface area contributed by atoms with E-state index in [9.17, 15) is 23.2 Å². The number of hydrogen-bond acceptors (Lipinski definition) is 6. The molecule has 3 rings (SSSR count). The predicted molar refractivity (Wildman–Crippen MR) is 123 cm³/mol. The van der Waals surface area contributed by atoms with Gasteiger partial charge in [-0.3, -0.25) is 14.4 Å². The Morgan fingerprint density at radius 1 is 0.970 bits per heavy atom. The third-order valence-electron chi connectivity index (χ3n) is 5.09. The number of hydrogen-bond donors (Lipinski definition) is 1. The topological polar surface area (TPSA) is 78.9 Å². The number of piperazine rings is 1. The Bertz CT molecular complexity index is 965. The van der Waals surface area contributed by atoms with E-state index in [2.05, 4.69) is 10.2 Å². The van der Waals surface area contributed by atoms with E-state index in [0.717, 1.165) is 17.4 Å². The lowest BCUT2D eigenvalue weighted by Gasteiger charge is -2.36. The highest BCUT2D eigenvalue weighted by Crippen LogP contribution is 2.17. The number of carbonyl (C=O) groups excluding carboxylic acids is 3. The number of rotatable bonds is 8. The van der Waals surface area contributed by atoms with Crippen molar-refractivity contribution in [1.82, 2.24) is 4.90 Å². The van der Waals surface area contributed by atoms with Crippen LogP contribution in [0.15, 0.2) is 48.5 Å². The van der Waals surface area contributed by atoms with Crippen LogP contribution < -0.4 is 10.2 Å². The van der Waals surface area contributed by atoms with Gasteiger partial charge in [0.1, 0.15) is 16.9 Å². The van der Waals surface area contributed by atoms with Gasteiger partial charge in [-0.15, -0.1) is 11.8 Å². The van der Waals surface area contributed by atoms with Crippen LogP contribution in [0.5, 0.6) is 0 Å². The van der Waals surface area contributed by atoms with Gasteiger partial charge in [0, 0.05) is 37.6 Å². The van der Waals surface area contributed by atoms with Gasteiger partial charge in [0.15, 0.2) is 6.61 Å². The maximum atomic E-state index is 13.1. The van der Waals surface area contributed by atoms with E-state index in [1.807, 2.05) is 0 Å². The summed E-state index contributed by atoms with van der Waals surface area (Å²) in [6, 6.07) is 11.6. The fraction of sp³-hybridized carbons (Fsp3) is 0.348. The van der Waals surface area contributed by atoms with Crippen molar-refractivity contribution in [1.29, 1.82) is 0 Å². The summed E-state index contributed by atoms with van der Waals surface area (Å²) >= 11 is 1.08. The SMILES string of the molecule is CC(SCC(=O)Nc1ccc(F)cc1)C(=O)OCC(=O)N1CCN(c2ccc(F)cc2)CC1. The quantitative estimate of drug-likeness (QED) is 0.589. The molecule has 1 aliphatic heterocycles. The number of halogens is 2. The van der Waals surface area contributed by atoms with Crippen molar-refractivity contribution in [2.45, 2.75) is 12.2 Å². The Labute approximate surface area is 195 Å². The minimum Gasteiger partial charge on any atom is -0.455 e. The Morgan fingerprint density at radius 2 is 1.55 bits per heavy atom. The number of anilines is 2. The summed E-state index contributed by atoms with van der Waals surface area (Å²) in [5, 5.41) is 1.98. The monoisotopic (exact) mass is 477 g/mol. The second kappa shape index (κ2) is 11.6. The van der Waals surface area contributed by atoms with Gasteiger partial charge < -0.3 is 19.9 Å². The molecular weight excluding hydrogens is 452 g/mol. The normalized spacial score (nSPS) is 14.5. The number of thioether (sulfide) groups is 1. The number of carbonyl (C=O) groups is 3. The molecule has 10 heteroatoms. The lowest BCUT2D eigenvalue weighted by molar-refractivity contribution is -0.151. The van der Waals surface area contributed by atoms with Crippen LogP contribution in [-0.2, 0) is 19.1 Å². The van der Waals surface area contributed by atoms with E-state index in [0.29, 0.717) is 31.9 Å². The van der Waals surface area contributed by atoms with Gasteiger partial charge in [0.05, 0.1) is 5.75 Å². The zero-order chi connectivity index (χ0) is 23.8. The van der Waals surface area contributed by atoms with Crippen LogP contribution >= 0.6 is 11.8 Å². The van der Waals surface area contributed by atoms with Crippen molar-refractivity contribution in [3.05, 3.63) is 60.2 Å². The molecule has 1 heterocycles. The number of nitrogens with zero attached hydrogens (tertiary/aromatic N) is 2. The molecule has 0 aromatic heterocycles. The first-order valence-corrected chi connectivity index (χ1v) is 11.5. The molecule has 1 saturated heterocycles. The van der Waals surface area contributed by atoms with Gasteiger partial charge in [0.25, 0.3) is 5.91 Å². The molecule has 33 heavy (non-hydrogen) atoms. The molecule has 2 amide bonds. The van der Waals surface area contributed by atoms with Gasteiger partial charge in [-0.1, -0.05) is 0 Å². The molecule has 1 atom stereocenters. The lowest BCUT2D eigenvalue weighted by atomic mass is 10.2. The highest BCUT2D eigenvalue weighted by molar-refractivity contribution is 8.01. The molecule has 2 aromatic carbocycles. The van der Waals surface area contributed by atoms with E-state index >= 15 is 0 Å². The predicted octanol–water partition coefficient (Wildman–Crippen LogP) is 2.92. The van der Waals surface area contributed by atoms with Gasteiger partial charge in [-0.05, 0) is 55.5 Å². The molecule has 0 aliphatic carbocycles. The smallest absolute Gasteiger partial charge is 0.319 e. The summed E-state index contributed by atoms with van der Waals surface area (Å²) < 4.78 is 31.1. The number of amides is 2. The summed E-state index contributed by atoms with van der Waals surface area (Å²) in [5.41, 5.74) is 1.35. The zero-order valence-electron chi connectivity index (χ0n) is 18.1. The van der Waals surface area contributed by atoms with Gasteiger partial charge in [-0.2, -0.15) is 0 Å². The first-order chi connectivity index (χ1) is 15.8. The zero-order valence-corrected chi connectivity index (χ0v) is 18.9.